The van der Waals surface area contributed by atoms with Crippen LogP contribution in [0.2, 0.25) is 0 Å². The zero-order chi connectivity index (χ0) is 17.6. The minimum Gasteiger partial charge on any atom is -0.395 e. The highest BCUT2D eigenvalue weighted by Gasteiger charge is 1.95. The molecule has 0 aliphatic heterocycles. The average Bonchev–Trinajstić information content (AvgIpc) is 2.60. The topological polar surface area (TPSA) is 41.5 Å². The van der Waals surface area contributed by atoms with E-state index in [0.717, 1.165) is 26.2 Å². The Morgan fingerprint density at radius 3 is 1.54 bits per heavy atom. The number of hydrogen-bond donors (Lipinski definition) is 2. The van der Waals surface area contributed by atoms with E-state index in [4.69, 9.17) is 9.84 Å². The first-order chi connectivity index (χ1) is 11.9. The van der Waals surface area contributed by atoms with Crippen LogP contribution in [0.1, 0.15) is 103 Å². The van der Waals surface area contributed by atoms with E-state index in [9.17, 15) is 0 Å². The molecule has 0 spiro atoms. The number of unbranched alkanes of at least 4 members (excludes halogenated alkanes) is 13. The van der Waals surface area contributed by atoms with Crippen LogP contribution < -0.4 is 5.32 Å². The molecule has 0 heterocycles. The smallest absolute Gasteiger partial charge is 0.0555 e. The third-order valence-electron chi connectivity index (χ3n) is 4.57. The minimum atomic E-state index is 0.222. The van der Waals surface area contributed by atoms with Crippen LogP contribution in [0.25, 0.3) is 0 Å². The van der Waals surface area contributed by atoms with Crippen LogP contribution in [0.5, 0.6) is 0 Å². The highest BCUT2D eigenvalue weighted by molar-refractivity contribution is 4.50. The van der Waals surface area contributed by atoms with Crippen LogP contribution in [0.15, 0.2) is 0 Å². The second-order valence-corrected chi connectivity index (χ2v) is 7.04. The highest BCUT2D eigenvalue weighted by atomic mass is 16.5. The number of aliphatic hydroxyl groups excluding tert-OH is 1. The van der Waals surface area contributed by atoms with Crippen LogP contribution in [-0.4, -0.2) is 38.0 Å². The molecule has 24 heavy (non-hydrogen) atoms. The molecule has 0 fully saturated rings. The van der Waals surface area contributed by atoms with Gasteiger partial charge in [-0.15, -0.1) is 0 Å². The van der Waals surface area contributed by atoms with Crippen LogP contribution in [0, 0.1) is 0 Å². The maximum absolute atomic E-state index is 8.62. The van der Waals surface area contributed by atoms with Crippen molar-refractivity contribution in [2.24, 2.45) is 0 Å². The predicted molar refractivity (Wildman–Crippen MR) is 106 cm³/mol. The molecule has 0 aromatic rings. The lowest BCUT2D eigenvalue weighted by atomic mass is 10.0. The van der Waals surface area contributed by atoms with Crippen molar-refractivity contribution in [3.05, 3.63) is 0 Å². The fourth-order valence-electron chi connectivity index (χ4n) is 3.00. The fourth-order valence-corrected chi connectivity index (χ4v) is 3.00. The second-order valence-electron chi connectivity index (χ2n) is 7.04. The van der Waals surface area contributed by atoms with Gasteiger partial charge in [-0.25, -0.2) is 0 Å². The van der Waals surface area contributed by atoms with Gasteiger partial charge in [0.1, 0.15) is 0 Å². The van der Waals surface area contributed by atoms with Crippen LogP contribution >= 0.6 is 0 Å². The summed E-state index contributed by atoms with van der Waals surface area (Å²) in [5, 5.41) is 11.8. The van der Waals surface area contributed by atoms with Gasteiger partial charge in [0.05, 0.1) is 6.61 Å². The van der Waals surface area contributed by atoms with Gasteiger partial charge in [-0.05, 0) is 19.4 Å². The van der Waals surface area contributed by atoms with Crippen LogP contribution in [0.4, 0.5) is 0 Å². The number of aliphatic hydroxyl groups is 1. The molecule has 0 aromatic heterocycles. The summed E-state index contributed by atoms with van der Waals surface area (Å²) < 4.78 is 5.62. The SMILES string of the molecule is CCCCCCCCCCCCCCCCOCCCNCCO. The van der Waals surface area contributed by atoms with E-state index >= 15 is 0 Å². The Morgan fingerprint density at radius 2 is 1.04 bits per heavy atom. The Hall–Kier alpha value is -0.120. The van der Waals surface area contributed by atoms with Crippen molar-refractivity contribution in [3.8, 4) is 0 Å². The summed E-state index contributed by atoms with van der Waals surface area (Å²) >= 11 is 0. The van der Waals surface area contributed by atoms with Crippen molar-refractivity contribution >= 4 is 0 Å². The molecule has 0 radical (unpaired) electrons. The Labute approximate surface area is 151 Å². The van der Waals surface area contributed by atoms with Gasteiger partial charge in [0.25, 0.3) is 0 Å². The van der Waals surface area contributed by atoms with Crippen molar-refractivity contribution in [2.45, 2.75) is 103 Å². The molecule has 0 saturated carbocycles. The average molecular weight is 344 g/mol. The summed E-state index contributed by atoms with van der Waals surface area (Å²) in [7, 11) is 0. The third kappa shape index (κ3) is 21.9. The monoisotopic (exact) mass is 343 g/mol. The van der Waals surface area contributed by atoms with Crippen molar-refractivity contribution in [1.29, 1.82) is 0 Å². The Morgan fingerprint density at radius 1 is 0.583 bits per heavy atom. The molecule has 0 unspecified atom stereocenters. The van der Waals surface area contributed by atoms with Gasteiger partial charge >= 0.3 is 0 Å². The summed E-state index contributed by atoms with van der Waals surface area (Å²) in [6.07, 6.45) is 20.7. The second kappa shape index (κ2) is 22.9. The maximum Gasteiger partial charge on any atom is 0.0555 e. The van der Waals surface area contributed by atoms with E-state index in [1.807, 2.05) is 0 Å². The van der Waals surface area contributed by atoms with Crippen LogP contribution in [0.3, 0.4) is 0 Å². The van der Waals surface area contributed by atoms with E-state index in [1.54, 1.807) is 0 Å². The zero-order valence-corrected chi connectivity index (χ0v) is 16.5. The molecule has 0 aliphatic rings. The first-order valence-corrected chi connectivity index (χ1v) is 10.8. The molecular weight excluding hydrogens is 298 g/mol. The number of rotatable bonds is 21. The lowest BCUT2D eigenvalue weighted by molar-refractivity contribution is 0.127. The van der Waals surface area contributed by atoms with Crippen LogP contribution in [-0.2, 0) is 4.74 Å². The minimum absolute atomic E-state index is 0.222. The quantitative estimate of drug-likeness (QED) is 0.272. The zero-order valence-electron chi connectivity index (χ0n) is 16.5. The van der Waals surface area contributed by atoms with Gasteiger partial charge in [-0.1, -0.05) is 90.4 Å². The third-order valence-corrected chi connectivity index (χ3v) is 4.57. The summed E-state index contributed by atoms with van der Waals surface area (Å²) in [6, 6.07) is 0. The number of nitrogens with one attached hydrogen (secondary N) is 1. The van der Waals surface area contributed by atoms with Gasteiger partial charge in [0.2, 0.25) is 0 Å². The molecule has 3 nitrogen and oxygen atoms in total. The van der Waals surface area contributed by atoms with Crippen molar-refractivity contribution in [3.63, 3.8) is 0 Å². The van der Waals surface area contributed by atoms with E-state index < -0.39 is 0 Å². The molecule has 0 aliphatic carbocycles. The molecule has 0 aromatic carbocycles. The molecule has 0 bridgehead atoms. The molecule has 0 rings (SSSR count). The first-order valence-electron chi connectivity index (χ1n) is 10.8. The van der Waals surface area contributed by atoms with E-state index in [1.165, 1.54) is 89.9 Å². The molecule has 0 saturated heterocycles. The van der Waals surface area contributed by atoms with Gasteiger partial charge in [-0.2, -0.15) is 0 Å². The van der Waals surface area contributed by atoms with Crippen molar-refractivity contribution < 1.29 is 9.84 Å². The van der Waals surface area contributed by atoms with E-state index in [2.05, 4.69) is 12.2 Å². The van der Waals surface area contributed by atoms with E-state index in [-0.39, 0.29) is 6.61 Å². The Balaban J connectivity index is 2.93. The lowest BCUT2D eigenvalue weighted by Crippen LogP contribution is -2.20. The molecule has 146 valence electrons. The largest absolute Gasteiger partial charge is 0.395 e. The summed E-state index contributed by atoms with van der Waals surface area (Å²) in [5.41, 5.74) is 0. The summed E-state index contributed by atoms with van der Waals surface area (Å²) in [4.78, 5) is 0. The fraction of sp³-hybridized carbons (Fsp3) is 1.00. The molecule has 2 N–H and O–H groups in total. The van der Waals surface area contributed by atoms with Gasteiger partial charge in [0, 0.05) is 19.8 Å². The van der Waals surface area contributed by atoms with Crippen molar-refractivity contribution in [1.82, 2.24) is 5.32 Å². The maximum atomic E-state index is 8.62. The summed E-state index contributed by atoms with van der Waals surface area (Å²) in [5.74, 6) is 0. The van der Waals surface area contributed by atoms with Gasteiger partial charge in [-0.3, -0.25) is 0 Å². The number of ether oxygens (including phenoxy) is 1. The molecular formula is C21H45NO2. The highest BCUT2D eigenvalue weighted by Crippen LogP contribution is 2.12. The number of hydrogen-bond acceptors (Lipinski definition) is 3. The molecule has 3 heteroatoms. The Bertz CT molecular complexity index is 190. The molecule has 0 amide bonds. The van der Waals surface area contributed by atoms with Gasteiger partial charge in [0.15, 0.2) is 0 Å². The molecule has 0 atom stereocenters. The lowest BCUT2D eigenvalue weighted by Gasteiger charge is -2.05. The van der Waals surface area contributed by atoms with E-state index in [0.29, 0.717) is 6.54 Å². The standard InChI is InChI=1S/C21H45NO2/c1-2-3-4-5-6-7-8-9-10-11-12-13-14-15-20-24-21-16-17-22-18-19-23/h22-23H,2-21H2,1H3. The Kier molecular flexibility index (Phi) is 22.8. The predicted octanol–water partition coefficient (Wildman–Crippen LogP) is 5.46. The normalized spacial score (nSPS) is 11.2. The van der Waals surface area contributed by atoms with Crippen molar-refractivity contribution in [2.75, 3.05) is 32.9 Å². The van der Waals surface area contributed by atoms with Gasteiger partial charge < -0.3 is 15.2 Å². The first kappa shape index (κ1) is 23.9. The summed E-state index contributed by atoms with van der Waals surface area (Å²) in [6.45, 7) is 5.90.